The SMILES string of the molecule is CCN(CC(=O)Nc1ccccc1Br)C1CCCC1CN. The summed E-state index contributed by atoms with van der Waals surface area (Å²) in [5.74, 6) is 0.563. The molecule has 21 heavy (non-hydrogen) atoms. The molecule has 2 atom stereocenters. The van der Waals surface area contributed by atoms with Gasteiger partial charge < -0.3 is 11.1 Å². The first-order valence-electron chi connectivity index (χ1n) is 7.64. The highest BCUT2D eigenvalue weighted by Gasteiger charge is 2.31. The standard InChI is InChI=1S/C16H24BrN3O/c1-2-20(15-9-5-6-12(15)10-18)11-16(21)19-14-8-4-3-7-13(14)17/h3-4,7-8,12,15H,2,5-6,9-11,18H2,1H3,(H,19,21). The average Bonchev–Trinajstić information content (AvgIpc) is 2.95. The van der Waals surface area contributed by atoms with E-state index < -0.39 is 0 Å². The molecule has 3 N–H and O–H groups in total. The summed E-state index contributed by atoms with van der Waals surface area (Å²) in [6.07, 6.45) is 3.55. The van der Waals surface area contributed by atoms with Crippen molar-refractivity contribution in [2.24, 2.45) is 11.7 Å². The van der Waals surface area contributed by atoms with E-state index in [1.54, 1.807) is 0 Å². The monoisotopic (exact) mass is 353 g/mol. The summed E-state index contributed by atoms with van der Waals surface area (Å²) in [6, 6.07) is 8.12. The van der Waals surface area contributed by atoms with Gasteiger partial charge in [-0.15, -0.1) is 0 Å². The first-order chi connectivity index (χ1) is 10.2. The van der Waals surface area contributed by atoms with Crippen molar-refractivity contribution in [1.82, 2.24) is 4.90 Å². The van der Waals surface area contributed by atoms with E-state index >= 15 is 0 Å². The number of anilines is 1. The van der Waals surface area contributed by atoms with E-state index in [2.05, 4.69) is 33.1 Å². The van der Waals surface area contributed by atoms with Gasteiger partial charge in [0.1, 0.15) is 0 Å². The van der Waals surface area contributed by atoms with Gasteiger partial charge in [-0.2, -0.15) is 0 Å². The molecule has 5 heteroatoms. The van der Waals surface area contributed by atoms with Crippen molar-refractivity contribution in [3.8, 4) is 0 Å². The first kappa shape index (κ1) is 16.5. The molecule has 1 aliphatic carbocycles. The zero-order chi connectivity index (χ0) is 15.2. The minimum atomic E-state index is 0.0337. The molecular weight excluding hydrogens is 330 g/mol. The molecule has 4 nitrogen and oxygen atoms in total. The van der Waals surface area contributed by atoms with Crippen LogP contribution in [0, 0.1) is 5.92 Å². The molecule has 116 valence electrons. The summed E-state index contributed by atoms with van der Waals surface area (Å²) < 4.78 is 0.905. The molecule has 1 saturated carbocycles. The minimum absolute atomic E-state index is 0.0337. The molecule has 1 aromatic rings. The van der Waals surface area contributed by atoms with Crippen molar-refractivity contribution in [3.63, 3.8) is 0 Å². The number of halogens is 1. The zero-order valence-electron chi connectivity index (χ0n) is 12.5. The van der Waals surface area contributed by atoms with Crippen LogP contribution in [0.15, 0.2) is 28.7 Å². The van der Waals surface area contributed by atoms with Crippen molar-refractivity contribution in [2.45, 2.75) is 32.2 Å². The molecule has 1 aromatic carbocycles. The Morgan fingerprint density at radius 3 is 2.86 bits per heavy atom. The van der Waals surface area contributed by atoms with Crippen molar-refractivity contribution in [1.29, 1.82) is 0 Å². The van der Waals surface area contributed by atoms with Gasteiger partial charge in [-0.25, -0.2) is 0 Å². The lowest BCUT2D eigenvalue weighted by Crippen LogP contribution is -2.44. The molecular formula is C16H24BrN3O. The Balaban J connectivity index is 1.95. The van der Waals surface area contributed by atoms with Gasteiger partial charge >= 0.3 is 0 Å². The second kappa shape index (κ2) is 7.92. The molecule has 0 spiro atoms. The Bertz CT molecular complexity index is 480. The third-order valence-electron chi connectivity index (χ3n) is 4.29. The van der Waals surface area contributed by atoms with Gasteiger partial charge in [0.25, 0.3) is 0 Å². The third-order valence-corrected chi connectivity index (χ3v) is 4.98. The predicted octanol–water partition coefficient (Wildman–Crippen LogP) is 2.84. The van der Waals surface area contributed by atoms with Gasteiger partial charge in [-0.1, -0.05) is 25.5 Å². The van der Waals surface area contributed by atoms with Crippen molar-refractivity contribution >= 4 is 27.5 Å². The molecule has 0 aromatic heterocycles. The van der Waals surface area contributed by atoms with Crippen LogP contribution in [-0.2, 0) is 4.79 Å². The zero-order valence-corrected chi connectivity index (χ0v) is 14.1. The van der Waals surface area contributed by atoms with Gasteiger partial charge in [0, 0.05) is 10.5 Å². The van der Waals surface area contributed by atoms with Gasteiger partial charge in [0.15, 0.2) is 0 Å². The smallest absolute Gasteiger partial charge is 0.238 e. The highest BCUT2D eigenvalue weighted by atomic mass is 79.9. The molecule has 0 radical (unpaired) electrons. The Hall–Kier alpha value is -0.910. The number of rotatable bonds is 6. The fourth-order valence-electron chi connectivity index (χ4n) is 3.17. The van der Waals surface area contributed by atoms with E-state index in [1.165, 1.54) is 12.8 Å². The number of benzene rings is 1. The lowest BCUT2D eigenvalue weighted by Gasteiger charge is -2.31. The topological polar surface area (TPSA) is 58.4 Å². The van der Waals surface area contributed by atoms with Crippen LogP contribution >= 0.6 is 15.9 Å². The van der Waals surface area contributed by atoms with Crippen LogP contribution < -0.4 is 11.1 Å². The lowest BCUT2D eigenvalue weighted by molar-refractivity contribution is -0.118. The number of amides is 1. The number of hydrogen-bond donors (Lipinski definition) is 2. The summed E-state index contributed by atoms with van der Waals surface area (Å²) in [5, 5.41) is 2.97. The van der Waals surface area contributed by atoms with E-state index in [-0.39, 0.29) is 5.91 Å². The predicted molar refractivity (Wildman–Crippen MR) is 90.2 cm³/mol. The molecule has 0 aliphatic heterocycles. The average molecular weight is 354 g/mol. The van der Waals surface area contributed by atoms with Gasteiger partial charge in [-0.05, 0) is 59.9 Å². The van der Waals surface area contributed by atoms with Crippen molar-refractivity contribution in [2.75, 3.05) is 25.0 Å². The highest BCUT2D eigenvalue weighted by Crippen LogP contribution is 2.29. The Morgan fingerprint density at radius 2 is 2.19 bits per heavy atom. The number of hydrogen-bond acceptors (Lipinski definition) is 3. The summed E-state index contributed by atoms with van der Waals surface area (Å²) in [4.78, 5) is 14.5. The normalized spacial score (nSPS) is 21.7. The van der Waals surface area contributed by atoms with Crippen LogP contribution in [0.1, 0.15) is 26.2 Å². The van der Waals surface area contributed by atoms with E-state index in [4.69, 9.17) is 5.73 Å². The van der Waals surface area contributed by atoms with Crippen LogP contribution in [0.3, 0.4) is 0 Å². The van der Waals surface area contributed by atoms with Crippen molar-refractivity contribution in [3.05, 3.63) is 28.7 Å². The molecule has 1 aliphatic rings. The Kier molecular flexibility index (Phi) is 6.21. The quantitative estimate of drug-likeness (QED) is 0.826. The summed E-state index contributed by atoms with van der Waals surface area (Å²) in [7, 11) is 0. The molecule has 0 bridgehead atoms. The molecule has 2 unspecified atom stereocenters. The van der Waals surface area contributed by atoms with Crippen LogP contribution in [0.4, 0.5) is 5.69 Å². The Labute approximate surface area is 135 Å². The summed E-state index contributed by atoms with van der Waals surface area (Å²) in [5.41, 5.74) is 6.68. The summed E-state index contributed by atoms with van der Waals surface area (Å²) in [6.45, 7) is 4.13. The van der Waals surface area contributed by atoms with Crippen molar-refractivity contribution < 1.29 is 4.79 Å². The second-order valence-electron chi connectivity index (χ2n) is 5.59. The fourth-order valence-corrected chi connectivity index (χ4v) is 3.56. The molecule has 2 rings (SSSR count). The fraction of sp³-hybridized carbons (Fsp3) is 0.562. The van der Waals surface area contributed by atoms with Crippen LogP contribution in [0.25, 0.3) is 0 Å². The highest BCUT2D eigenvalue weighted by molar-refractivity contribution is 9.10. The van der Waals surface area contributed by atoms with Crippen LogP contribution in [0.5, 0.6) is 0 Å². The van der Waals surface area contributed by atoms with E-state index in [0.29, 0.717) is 25.0 Å². The minimum Gasteiger partial charge on any atom is -0.330 e. The van der Waals surface area contributed by atoms with Gasteiger partial charge in [0.2, 0.25) is 5.91 Å². The largest absolute Gasteiger partial charge is 0.330 e. The maximum Gasteiger partial charge on any atom is 0.238 e. The van der Waals surface area contributed by atoms with Crippen LogP contribution in [0.2, 0.25) is 0 Å². The maximum absolute atomic E-state index is 12.3. The van der Waals surface area contributed by atoms with E-state index in [9.17, 15) is 4.79 Å². The van der Waals surface area contributed by atoms with Gasteiger partial charge in [0.05, 0.1) is 12.2 Å². The molecule has 1 fully saturated rings. The number of nitrogens with two attached hydrogens (primary N) is 1. The number of nitrogens with one attached hydrogen (secondary N) is 1. The number of carbonyl (C=O) groups excluding carboxylic acids is 1. The number of carbonyl (C=O) groups is 1. The second-order valence-corrected chi connectivity index (χ2v) is 6.44. The Morgan fingerprint density at radius 1 is 1.43 bits per heavy atom. The van der Waals surface area contributed by atoms with Gasteiger partial charge in [-0.3, -0.25) is 9.69 Å². The lowest BCUT2D eigenvalue weighted by atomic mass is 10.0. The van der Waals surface area contributed by atoms with Crippen LogP contribution in [-0.4, -0.2) is 36.5 Å². The number of para-hydroxylation sites is 1. The number of likely N-dealkylation sites (N-methyl/N-ethyl adjacent to an activating group) is 1. The first-order valence-corrected chi connectivity index (χ1v) is 8.43. The molecule has 0 heterocycles. The molecule has 0 saturated heterocycles. The maximum atomic E-state index is 12.3. The number of nitrogens with zero attached hydrogens (tertiary/aromatic N) is 1. The molecule has 1 amide bonds. The van der Waals surface area contributed by atoms with E-state index in [0.717, 1.165) is 23.1 Å². The van der Waals surface area contributed by atoms with E-state index in [1.807, 2.05) is 24.3 Å². The third kappa shape index (κ3) is 4.28. The summed E-state index contributed by atoms with van der Waals surface area (Å²) >= 11 is 3.45.